The molecule has 0 saturated carbocycles. The fourth-order valence-electron chi connectivity index (χ4n) is 1.58. The van der Waals surface area contributed by atoms with E-state index in [1.165, 1.54) is 0 Å². The topological polar surface area (TPSA) is 126 Å². The number of nitrogens with two attached hydrogens (primary N) is 1. The van der Waals surface area contributed by atoms with E-state index >= 15 is 0 Å². The van der Waals surface area contributed by atoms with Crippen LogP contribution in [0.5, 0.6) is 5.88 Å². The highest BCUT2D eigenvalue weighted by Gasteiger charge is 2.14. The third-order valence-electron chi connectivity index (χ3n) is 2.65. The van der Waals surface area contributed by atoms with Gasteiger partial charge in [0.15, 0.2) is 5.58 Å². The van der Waals surface area contributed by atoms with Crippen molar-refractivity contribution in [3.63, 3.8) is 0 Å². The highest BCUT2D eigenvalue weighted by Crippen LogP contribution is 2.27. The van der Waals surface area contributed by atoms with Crippen molar-refractivity contribution >= 4 is 47.2 Å². The standard InChI is InChI=1S/C13H14ClN3O6.ClH/c1-20-12(18)16-13(19)22-6-8(15)5-21-11-9-4-7(14)2-3-10(9)23-17-11;/h2-4,8H,5-6,15H2,1H3,(H,16,18,19);1H. The van der Waals surface area contributed by atoms with E-state index in [-0.39, 0.29) is 31.5 Å². The molecule has 1 heterocycles. The van der Waals surface area contributed by atoms with Crippen LogP contribution in [0.4, 0.5) is 9.59 Å². The zero-order valence-corrected chi connectivity index (χ0v) is 14.1. The van der Waals surface area contributed by atoms with Gasteiger partial charge in [-0.25, -0.2) is 14.9 Å². The largest absolute Gasteiger partial charge is 0.473 e. The van der Waals surface area contributed by atoms with Crippen LogP contribution in [-0.2, 0) is 9.47 Å². The zero-order chi connectivity index (χ0) is 16.8. The Morgan fingerprint density at radius 2 is 2.12 bits per heavy atom. The normalized spacial score (nSPS) is 11.3. The second kappa shape index (κ2) is 9.16. The number of halogens is 2. The van der Waals surface area contributed by atoms with Gasteiger partial charge in [-0.05, 0) is 23.4 Å². The molecule has 11 heteroatoms. The van der Waals surface area contributed by atoms with Crippen LogP contribution >= 0.6 is 24.0 Å². The third kappa shape index (κ3) is 5.44. The maximum Gasteiger partial charge on any atom is 0.416 e. The van der Waals surface area contributed by atoms with Gasteiger partial charge in [-0.2, -0.15) is 0 Å². The zero-order valence-electron chi connectivity index (χ0n) is 12.5. The summed E-state index contributed by atoms with van der Waals surface area (Å²) in [4.78, 5) is 22.0. The number of alkyl carbamates (subject to hydrolysis) is 2. The second-order valence-corrected chi connectivity index (χ2v) is 4.85. The van der Waals surface area contributed by atoms with E-state index in [1.807, 2.05) is 5.32 Å². The lowest BCUT2D eigenvalue weighted by Crippen LogP contribution is -2.37. The molecule has 132 valence electrons. The fourth-order valence-corrected chi connectivity index (χ4v) is 1.75. The molecule has 0 radical (unpaired) electrons. The van der Waals surface area contributed by atoms with Crippen LogP contribution in [0.15, 0.2) is 22.7 Å². The molecule has 0 fully saturated rings. The van der Waals surface area contributed by atoms with Crippen molar-refractivity contribution in [3.8, 4) is 5.88 Å². The summed E-state index contributed by atoms with van der Waals surface area (Å²) in [5.74, 6) is 0.233. The van der Waals surface area contributed by atoms with Gasteiger partial charge in [0.1, 0.15) is 13.2 Å². The fraction of sp³-hybridized carbons (Fsp3) is 0.308. The number of carbonyl (C=O) groups excluding carboxylic acids is 2. The molecule has 1 aromatic carbocycles. The van der Waals surface area contributed by atoms with Crippen molar-refractivity contribution in [1.29, 1.82) is 0 Å². The summed E-state index contributed by atoms with van der Waals surface area (Å²) in [6.45, 7) is -0.154. The molecule has 1 aromatic heterocycles. The lowest BCUT2D eigenvalue weighted by atomic mass is 10.2. The van der Waals surface area contributed by atoms with Crippen LogP contribution in [-0.4, -0.2) is 43.7 Å². The molecule has 9 nitrogen and oxygen atoms in total. The van der Waals surface area contributed by atoms with Gasteiger partial charge in [0.25, 0.3) is 5.88 Å². The Balaban J connectivity index is 0.00000288. The predicted molar refractivity (Wildman–Crippen MR) is 86.6 cm³/mol. The molecule has 2 aromatic rings. The Bertz CT molecular complexity index is 708. The van der Waals surface area contributed by atoms with Crippen molar-refractivity contribution in [3.05, 3.63) is 23.2 Å². The second-order valence-electron chi connectivity index (χ2n) is 4.41. The minimum absolute atomic E-state index is 0. The van der Waals surface area contributed by atoms with E-state index in [4.69, 9.17) is 31.3 Å². The van der Waals surface area contributed by atoms with Gasteiger partial charge in [0.05, 0.1) is 18.5 Å². The van der Waals surface area contributed by atoms with Crippen LogP contribution in [0.2, 0.25) is 5.02 Å². The minimum Gasteiger partial charge on any atom is -0.473 e. The number of methoxy groups -OCH3 is 1. The van der Waals surface area contributed by atoms with E-state index in [1.54, 1.807) is 18.2 Å². The molecule has 3 N–H and O–H groups in total. The van der Waals surface area contributed by atoms with E-state index in [0.717, 1.165) is 7.11 Å². The van der Waals surface area contributed by atoms with E-state index in [2.05, 4.69) is 9.89 Å². The molecular formula is C13H15Cl2N3O6. The number of nitrogens with zero attached hydrogens (tertiary/aromatic N) is 1. The molecule has 1 atom stereocenters. The van der Waals surface area contributed by atoms with E-state index in [9.17, 15) is 9.59 Å². The number of ether oxygens (including phenoxy) is 3. The van der Waals surface area contributed by atoms with Crippen molar-refractivity contribution in [2.45, 2.75) is 6.04 Å². The average molecular weight is 380 g/mol. The maximum atomic E-state index is 11.2. The molecule has 0 aliphatic heterocycles. The quantitative estimate of drug-likeness (QED) is 0.808. The van der Waals surface area contributed by atoms with Crippen molar-refractivity contribution in [2.75, 3.05) is 20.3 Å². The Kier molecular flexibility index (Phi) is 7.56. The monoisotopic (exact) mass is 379 g/mol. The Labute approximate surface area is 147 Å². The Morgan fingerprint density at radius 3 is 2.83 bits per heavy atom. The van der Waals surface area contributed by atoms with Gasteiger partial charge in [0.2, 0.25) is 0 Å². The average Bonchev–Trinajstić information content (AvgIpc) is 2.93. The number of benzene rings is 1. The van der Waals surface area contributed by atoms with Gasteiger partial charge < -0.3 is 24.5 Å². The molecule has 2 amide bonds. The van der Waals surface area contributed by atoms with Gasteiger partial charge in [-0.15, -0.1) is 12.4 Å². The first-order valence-corrected chi connectivity index (χ1v) is 6.82. The molecule has 24 heavy (non-hydrogen) atoms. The molecule has 0 bridgehead atoms. The first kappa shape index (κ1) is 19.8. The maximum absolute atomic E-state index is 11.2. The Hall–Kier alpha value is -2.23. The summed E-state index contributed by atoms with van der Waals surface area (Å²) in [6.07, 6.45) is -1.89. The van der Waals surface area contributed by atoms with Crippen LogP contribution < -0.4 is 15.8 Å². The predicted octanol–water partition coefficient (Wildman–Crippen LogP) is 2.10. The molecular weight excluding hydrogens is 365 g/mol. The number of amides is 2. The molecule has 0 aliphatic carbocycles. The minimum atomic E-state index is -0.967. The smallest absolute Gasteiger partial charge is 0.416 e. The highest BCUT2D eigenvalue weighted by atomic mass is 35.5. The van der Waals surface area contributed by atoms with Gasteiger partial charge in [-0.3, -0.25) is 0 Å². The van der Waals surface area contributed by atoms with Crippen LogP contribution in [0.25, 0.3) is 11.0 Å². The number of aromatic nitrogens is 1. The van der Waals surface area contributed by atoms with Crippen molar-refractivity contribution in [2.24, 2.45) is 5.73 Å². The van der Waals surface area contributed by atoms with Crippen LogP contribution in [0.3, 0.4) is 0 Å². The summed E-state index contributed by atoms with van der Waals surface area (Å²) >= 11 is 5.90. The van der Waals surface area contributed by atoms with E-state index < -0.39 is 18.2 Å². The molecule has 0 saturated heterocycles. The van der Waals surface area contributed by atoms with Gasteiger partial charge in [0, 0.05) is 5.02 Å². The number of rotatable bonds is 5. The number of hydrogen-bond donors (Lipinski definition) is 2. The lowest BCUT2D eigenvalue weighted by molar-refractivity contribution is 0.120. The SMILES string of the molecule is COC(=O)NC(=O)OCC(N)COc1noc2ccc(Cl)cc12.Cl. The van der Waals surface area contributed by atoms with Crippen LogP contribution in [0.1, 0.15) is 0 Å². The summed E-state index contributed by atoms with van der Waals surface area (Å²) in [5.41, 5.74) is 6.27. The molecule has 2 rings (SSSR count). The number of fused-ring (bicyclic) bond motifs is 1. The van der Waals surface area contributed by atoms with Gasteiger partial charge >= 0.3 is 12.2 Å². The van der Waals surface area contributed by atoms with Crippen LogP contribution in [0, 0.1) is 0 Å². The summed E-state index contributed by atoms with van der Waals surface area (Å²) in [7, 11) is 1.12. The summed E-state index contributed by atoms with van der Waals surface area (Å²) in [6, 6.07) is 4.34. The number of hydrogen-bond acceptors (Lipinski definition) is 8. The Morgan fingerprint density at radius 1 is 1.38 bits per heavy atom. The van der Waals surface area contributed by atoms with Crippen molar-refractivity contribution in [1.82, 2.24) is 10.5 Å². The first-order valence-electron chi connectivity index (χ1n) is 6.44. The number of nitrogens with one attached hydrogen (secondary N) is 1. The first-order chi connectivity index (χ1) is 11.0. The third-order valence-corrected chi connectivity index (χ3v) is 2.89. The molecule has 0 spiro atoms. The highest BCUT2D eigenvalue weighted by molar-refractivity contribution is 6.31. The molecule has 1 unspecified atom stereocenters. The summed E-state index contributed by atoms with van der Waals surface area (Å²) in [5, 5.41) is 6.70. The lowest BCUT2D eigenvalue weighted by Gasteiger charge is -2.12. The summed E-state index contributed by atoms with van der Waals surface area (Å²) < 4.78 is 19.5. The number of imide groups is 1. The number of carbonyl (C=O) groups is 2. The van der Waals surface area contributed by atoms with Gasteiger partial charge in [-0.1, -0.05) is 11.6 Å². The van der Waals surface area contributed by atoms with Crippen molar-refractivity contribution < 1.29 is 28.3 Å². The van der Waals surface area contributed by atoms with E-state index in [0.29, 0.717) is 16.0 Å². The molecule has 0 aliphatic rings.